The van der Waals surface area contributed by atoms with Crippen molar-refractivity contribution in [2.45, 2.75) is 32.7 Å². The van der Waals surface area contributed by atoms with E-state index in [1.807, 2.05) is 25.1 Å². The summed E-state index contributed by atoms with van der Waals surface area (Å²) in [4.78, 5) is 13.0. The zero-order valence-corrected chi connectivity index (χ0v) is 11.7. The molecule has 0 radical (unpaired) electrons. The summed E-state index contributed by atoms with van der Waals surface area (Å²) in [5.41, 5.74) is 1.00. The van der Waals surface area contributed by atoms with Gasteiger partial charge in [0.15, 0.2) is 0 Å². The summed E-state index contributed by atoms with van der Waals surface area (Å²) in [6.07, 6.45) is 0.846. The van der Waals surface area contributed by atoms with Crippen LogP contribution >= 0.6 is 0 Å². The van der Waals surface area contributed by atoms with Gasteiger partial charge < -0.3 is 14.7 Å². The number of likely N-dealkylation sites (N-methyl/N-ethyl adjacent to an activating group) is 1. The third kappa shape index (κ3) is 2.58. The van der Waals surface area contributed by atoms with Gasteiger partial charge in [0.1, 0.15) is 11.3 Å². The lowest BCUT2D eigenvalue weighted by Crippen LogP contribution is -2.48. The van der Waals surface area contributed by atoms with Crippen LogP contribution in [-0.2, 0) is 11.2 Å². The smallest absolute Gasteiger partial charge is 0.328 e. The molecular weight excluding hydrogens is 230 g/mol. The maximum atomic E-state index is 11.2. The van der Waals surface area contributed by atoms with Gasteiger partial charge in [0, 0.05) is 12.7 Å². The summed E-state index contributed by atoms with van der Waals surface area (Å²) in [7, 11) is 3.43. The minimum absolute atomic E-state index is 0.836. The molecule has 4 nitrogen and oxygen atoms in total. The number of carboxylic acid groups (broad SMARTS) is 1. The van der Waals surface area contributed by atoms with Gasteiger partial charge in [-0.1, -0.05) is 6.92 Å². The summed E-state index contributed by atoms with van der Waals surface area (Å²) in [6.45, 7) is 5.42. The van der Waals surface area contributed by atoms with Crippen molar-refractivity contribution < 1.29 is 14.6 Å². The lowest BCUT2D eigenvalue weighted by Gasteiger charge is -2.33. The van der Waals surface area contributed by atoms with Gasteiger partial charge in [-0.25, -0.2) is 4.79 Å². The average molecular weight is 251 g/mol. The summed E-state index contributed by atoms with van der Waals surface area (Å²) in [5, 5.41) is 9.23. The predicted octanol–water partition coefficient (Wildman–Crippen LogP) is 2.56. The number of hydrogen-bond donors (Lipinski definition) is 1. The number of rotatable bonds is 5. The number of ether oxygens (including phenoxy) is 1. The molecule has 0 bridgehead atoms. The fraction of sp³-hybridized carbons (Fsp3) is 0.500. The second kappa shape index (κ2) is 5.29. The molecule has 0 saturated heterocycles. The number of carboxylic acids is 1. The van der Waals surface area contributed by atoms with Crippen LogP contribution in [0.1, 0.15) is 26.3 Å². The van der Waals surface area contributed by atoms with E-state index >= 15 is 0 Å². The molecule has 0 aliphatic rings. The van der Waals surface area contributed by atoms with Gasteiger partial charge in [-0.15, -0.1) is 0 Å². The highest BCUT2D eigenvalue weighted by Crippen LogP contribution is 2.28. The van der Waals surface area contributed by atoms with E-state index in [0.717, 1.165) is 23.4 Å². The fourth-order valence-electron chi connectivity index (χ4n) is 1.72. The highest BCUT2D eigenvalue weighted by molar-refractivity contribution is 5.82. The van der Waals surface area contributed by atoms with Crippen molar-refractivity contribution in [2.24, 2.45) is 0 Å². The molecule has 18 heavy (non-hydrogen) atoms. The molecular formula is C14H21NO3. The molecule has 1 N–H and O–H groups in total. The number of carbonyl (C=O) groups is 1. The monoisotopic (exact) mass is 251 g/mol. The van der Waals surface area contributed by atoms with Gasteiger partial charge >= 0.3 is 5.97 Å². The van der Waals surface area contributed by atoms with Crippen molar-refractivity contribution in [3.63, 3.8) is 0 Å². The van der Waals surface area contributed by atoms with E-state index in [1.165, 1.54) is 0 Å². The zero-order valence-electron chi connectivity index (χ0n) is 11.7. The van der Waals surface area contributed by atoms with Gasteiger partial charge in [-0.05, 0) is 44.0 Å². The molecule has 0 aromatic heterocycles. The predicted molar refractivity (Wildman–Crippen MR) is 72.5 cm³/mol. The van der Waals surface area contributed by atoms with Crippen LogP contribution in [0, 0.1) is 0 Å². The Bertz CT molecular complexity index is 441. The first kappa shape index (κ1) is 14.4. The average Bonchev–Trinajstić information content (AvgIpc) is 2.36. The molecule has 0 aliphatic heterocycles. The lowest BCUT2D eigenvalue weighted by atomic mass is 10.0. The van der Waals surface area contributed by atoms with Crippen molar-refractivity contribution in [3.05, 3.63) is 23.8 Å². The largest absolute Gasteiger partial charge is 0.496 e. The Morgan fingerprint density at radius 1 is 1.44 bits per heavy atom. The van der Waals surface area contributed by atoms with E-state index in [1.54, 1.807) is 32.9 Å². The van der Waals surface area contributed by atoms with Crippen LogP contribution in [-0.4, -0.2) is 30.8 Å². The quantitative estimate of drug-likeness (QED) is 0.873. The summed E-state index contributed by atoms with van der Waals surface area (Å²) in [6, 6.07) is 5.73. The number of aryl methyl sites for hydroxylation is 1. The number of methoxy groups -OCH3 is 1. The third-order valence-corrected chi connectivity index (χ3v) is 3.39. The number of nitrogens with zero attached hydrogens (tertiary/aromatic N) is 1. The molecule has 0 spiro atoms. The Morgan fingerprint density at radius 2 is 2.06 bits per heavy atom. The number of aliphatic carboxylic acids is 1. The minimum atomic E-state index is -0.945. The number of hydrogen-bond acceptors (Lipinski definition) is 3. The first-order valence-electron chi connectivity index (χ1n) is 5.98. The van der Waals surface area contributed by atoms with Crippen LogP contribution < -0.4 is 9.64 Å². The third-order valence-electron chi connectivity index (χ3n) is 3.39. The standard InChI is InChI=1S/C14H21NO3/c1-6-10-9-11(7-8-12(10)18-5)15(4)14(2,3)13(16)17/h7-9H,6H2,1-5H3,(H,16,17). The molecule has 100 valence electrons. The summed E-state index contributed by atoms with van der Waals surface area (Å²) in [5.74, 6) is -0.0124. The van der Waals surface area contributed by atoms with E-state index in [-0.39, 0.29) is 0 Å². The van der Waals surface area contributed by atoms with Crippen molar-refractivity contribution in [1.82, 2.24) is 0 Å². The minimum Gasteiger partial charge on any atom is -0.496 e. The normalized spacial score (nSPS) is 11.2. The molecule has 1 rings (SSSR count). The second-order valence-electron chi connectivity index (χ2n) is 4.77. The van der Waals surface area contributed by atoms with Crippen LogP contribution in [0.5, 0.6) is 5.75 Å². The van der Waals surface area contributed by atoms with Gasteiger partial charge in [-0.2, -0.15) is 0 Å². The van der Waals surface area contributed by atoms with Gasteiger partial charge in [0.2, 0.25) is 0 Å². The van der Waals surface area contributed by atoms with Gasteiger partial charge in [-0.3, -0.25) is 0 Å². The molecule has 0 fully saturated rings. The molecule has 0 heterocycles. The van der Waals surface area contributed by atoms with E-state index in [2.05, 4.69) is 0 Å². The SMILES string of the molecule is CCc1cc(N(C)C(C)(C)C(=O)O)ccc1OC. The first-order valence-corrected chi connectivity index (χ1v) is 5.98. The Kier molecular flexibility index (Phi) is 4.22. The topological polar surface area (TPSA) is 49.8 Å². The van der Waals surface area contributed by atoms with Crippen LogP contribution in [0.2, 0.25) is 0 Å². The van der Waals surface area contributed by atoms with Crippen molar-refractivity contribution in [1.29, 1.82) is 0 Å². The molecule has 4 heteroatoms. The molecule has 0 unspecified atom stereocenters. The van der Waals surface area contributed by atoms with Crippen LogP contribution in [0.15, 0.2) is 18.2 Å². The van der Waals surface area contributed by atoms with Crippen molar-refractivity contribution in [3.8, 4) is 5.75 Å². The van der Waals surface area contributed by atoms with Crippen molar-refractivity contribution in [2.75, 3.05) is 19.1 Å². The fourth-order valence-corrected chi connectivity index (χ4v) is 1.72. The van der Waals surface area contributed by atoms with Gasteiger partial charge in [0.05, 0.1) is 7.11 Å². The molecule has 0 atom stereocenters. The van der Waals surface area contributed by atoms with Crippen molar-refractivity contribution >= 4 is 11.7 Å². The number of anilines is 1. The first-order chi connectivity index (χ1) is 8.34. The van der Waals surface area contributed by atoms with Crippen LogP contribution in [0.25, 0.3) is 0 Å². The van der Waals surface area contributed by atoms with Gasteiger partial charge in [0.25, 0.3) is 0 Å². The molecule has 0 amide bonds. The summed E-state index contributed by atoms with van der Waals surface area (Å²) < 4.78 is 5.27. The van der Waals surface area contributed by atoms with Crippen LogP contribution in [0.4, 0.5) is 5.69 Å². The highest BCUT2D eigenvalue weighted by atomic mass is 16.5. The highest BCUT2D eigenvalue weighted by Gasteiger charge is 2.32. The molecule has 0 saturated carbocycles. The number of benzene rings is 1. The van der Waals surface area contributed by atoms with E-state index in [0.29, 0.717) is 0 Å². The second-order valence-corrected chi connectivity index (χ2v) is 4.77. The van der Waals surface area contributed by atoms with E-state index < -0.39 is 11.5 Å². The molecule has 1 aromatic carbocycles. The lowest BCUT2D eigenvalue weighted by molar-refractivity contribution is -0.142. The summed E-state index contributed by atoms with van der Waals surface area (Å²) >= 11 is 0. The van der Waals surface area contributed by atoms with E-state index in [4.69, 9.17) is 4.74 Å². The molecule has 1 aromatic rings. The maximum absolute atomic E-state index is 11.2. The Hall–Kier alpha value is -1.71. The van der Waals surface area contributed by atoms with Crippen LogP contribution in [0.3, 0.4) is 0 Å². The Labute approximate surface area is 108 Å². The Balaban J connectivity index is 3.15. The zero-order chi connectivity index (χ0) is 13.9. The maximum Gasteiger partial charge on any atom is 0.328 e. The Morgan fingerprint density at radius 3 is 2.50 bits per heavy atom. The van der Waals surface area contributed by atoms with E-state index in [9.17, 15) is 9.90 Å². The molecule has 0 aliphatic carbocycles.